The van der Waals surface area contributed by atoms with E-state index in [0.29, 0.717) is 12.5 Å². The van der Waals surface area contributed by atoms with Crippen molar-refractivity contribution in [1.82, 2.24) is 9.97 Å². The lowest BCUT2D eigenvalue weighted by Crippen LogP contribution is -1.97. The highest BCUT2D eigenvalue weighted by atomic mass is 35.5. The first kappa shape index (κ1) is 10.8. The second-order valence-corrected chi connectivity index (χ2v) is 3.48. The molecule has 5 heteroatoms. The average Bonchev–Trinajstić information content (AvgIpc) is 2.28. The lowest BCUT2D eigenvalue weighted by atomic mass is 10.2. The van der Waals surface area contributed by atoms with Gasteiger partial charge in [0.2, 0.25) is 5.88 Å². The van der Waals surface area contributed by atoms with E-state index in [-0.39, 0.29) is 11.0 Å². The molecule has 1 aromatic heterocycles. The predicted octanol–water partition coefficient (Wildman–Crippen LogP) is 2.85. The molecule has 0 unspecified atom stereocenters. The fourth-order valence-corrected chi connectivity index (χ4v) is 1.27. The van der Waals surface area contributed by atoms with Crippen molar-refractivity contribution < 1.29 is 9.13 Å². The minimum absolute atomic E-state index is 0.272. The number of benzene rings is 1. The summed E-state index contributed by atoms with van der Waals surface area (Å²) in [6, 6.07) is 6.05. The minimum Gasteiger partial charge on any atom is -0.472 e. The van der Waals surface area contributed by atoms with Crippen LogP contribution in [0.1, 0.15) is 5.56 Å². The maximum absolute atomic E-state index is 12.6. The zero-order valence-electron chi connectivity index (χ0n) is 8.23. The van der Waals surface area contributed by atoms with Gasteiger partial charge in [-0.1, -0.05) is 23.7 Å². The van der Waals surface area contributed by atoms with E-state index in [1.165, 1.54) is 24.5 Å². The zero-order valence-corrected chi connectivity index (χ0v) is 8.99. The van der Waals surface area contributed by atoms with E-state index in [1.807, 2.05) is 0 Å². The van der Waals surface area contributed by atoms with Gasteiger partial charge in [0, 0.05) is 0 Å². The van der Waals surface area contributed by atoms with Crippen molar-refractivity contribution in [3.63, 3.8) is 0 Å². The molecule has 2 aromatic rings. The molecule has 0 aliphatic rings. The van der Waals surface area contributed by atoms with Crippen LogP contribution in [-0.4, -0.2) is 9.97 Å². The number of nitrogens with zero attached hydrogens (tertiary/aromatic N) is 2. The molecule has 1 heterocycles. The number of ether oxygens (including phenoxy) is 1. The maximum Gasteiger partial charge on any atom is 0.234 e. The van der Waals surface area contributed by atoms with Crippen molar-refractivity contribution >= 4 is 11.6 Å². The van der Waals surface area contributed by atoms with Crippen LogP contribution in [0.2, 0.25) is 5.15 Å². The van der Waals surface area contributed by atoms with Crippen LogP contribution in [-0.2, 0) is 6.61 Å². The highest BCUT2D eigenvalue weighted by Crippen LogP contribution is 2.11. The number of rotatable bonds is 3. The van der Waals surface area contributed by atoms with E-state index >= 15 is 0 Å². The summed E-state index contributed by atoms with van der Waals surface area (Å²) in [4.78, 5) is 7.74. The second-order valence-electron chi connectivity index (χ2n) is 3.10. The summed E-state index contributed by atoms with van der Waals surface area (Å²) in [5, 5.41) is 0.275. The van der Waals surface area contributed by atoms with Crippen molar-refractivity contribution in [3.8, 4) is 5.88 Å². The van der Waals surface area contributed by atoms with Crippen LogP contribution in [0.25, 0.3) is 0 Å². The Morgan fingerprint density at radius 1 is 1.19 bits per heavy atom. The van der Waals surface area contributed by atoms with Crippen molar-refractivity contribution in [1.29, 1.82) is 0 Å². The molecule has 0 radical (unpaired) electrons. The Bertz CT molecular complexity index is 476. The fourth-order valence-electron chi connectivity index (χ4n) is 1.13. The summed E-state index contributed by atoms with van der Waals surface area (Å²) in [5.41, 5.74) is 0.850. The number of hydrogen-bond donors (Lipinski definition) is 0. The van der Waals surface area contributed by atoms with Gasteiger partial charge in [-0.15, -0.1) is 0 Å². The lowest BCUT2D eigenvalue weighted by molar-refractivity contribution is 0.292. The number of hydrogen-bond acceptors (Lipinski definition) is 3. The Kier molecular flexibility index (Phi) is 3.31. The highest BCUT2D eigenvalue weighted by Gasteiger charge is 1.99. The summed E-state index contributed by atoms with van der Waals surface area (Å²) in [6.07, 6.45) is 2.89. The van der Waals surface area contributed by atoms with Gasteiger partial charge in [0.25, 0.3) is 0 Å². The molecule has 0 fully saturated rings. The van der Waals surface area contributed by atoms with E-state index in [0.717, 1.165) is 5.56 Å². The van der Waals surface area contributed by atoms with Crippen molar-refractivity contribution in [3.05, 3.63) is 53.2 Å². The molecular weight excluding hydrogens is 231 g/mol. The third-order valence-electron chi connectivity index (χ3n) is 1.88. The first-order valence-electron chi connectivity index (χ1n) is 4.59. The van der Waals surface area contributed by atoms with E-state index in [2.05, 4.69) is 9.97 Å². The van der Waals surface area contributed by atoms with Crippen LogP contribution in [0.4, 0.5) is 4.39 Å². The summed E-state index contributed by atoms with van der Waals surface area (Å²) >= 11 is 5.64. The Hall–Kier alpha value is -1.68. The molecule has 82 valence electrons. The van der Waals surface area contributed by atoms with Gasteiger partial charge in [-0.2, -0.15) is 4.98 Å². The van der Waals surface area contributed by atoms with Crippen LogP contribution < -0.4 is 4.74 Å². The summed E-state index contributed by atoms with van der Waals surface area (Å²) in [7, 11) is 0. The molecule has 0 aliphatic carbocycles. The second kappa shape index (κ2) is 4.90. The molecule has 0 spiro atoms. The van der Waals surface area contributed by atoms with Gasteiger partial charge in [-0.05, 0) is 17.7 Å². The SMILES string of the molecule is Fc1ccc(COc2cncc(Cl)n2)cc1. The van der Waals surface area contributed by atoms with Crippen LogP contribution in [0.5, 0.6) is 5.88 Å². The van der Waals surface area contributed by atoms with E-state index in [1.54, 1.807) is 12.1 Å². The quantitative estimate of drug-likeness (QED) is 0.825. The van der Waals surface area contributed by atoms with Gasteiger partial charge in [0.15, 0.2) is 5.15 Å². The lowest BCUT2D eigenvalue weighted by Gasteiger charge is -2.04. The van der Waals surface area contributed by atoms with Gasteiger partial charge in [0.05, 0.1) is 12.4 Å². The van der Waals surface area contributed by atoms with Crippen LogP contribution in [0.3, 0.4) is 0 Å². The molecule has 0 bridgehead atoms. The fraction of sp³-hybridized carbons (Fsp3) is 0.0909. The van der Waals surface area contributed by atoms with Gasteiger partial charge in [0.1, 0.15) is 12.4 Å². The Morgan fingerprint density at radius 2 is 1.94 bits per heavy atom. The molecule has 0 saturated heterocycles. The molecule has 0 aliphatic heterocycles. The summed E-state index contributed by atoms with van der Waals surface area (Å²) in [6.45, 7) is 0.301. The molecule has 2 rings (SSSR count). The van der Waals surface area contributed by atoms with Crippen molar-refractivity contribution in [2.24, 2.45) is 0 Å². The van der Waals surface area contributed by atoms with Gasteiger partial charge >= 0.3 is 0 Å². The third-order valence-corrected chi connectivity index (χ3v) is 2.07. The van der Waals surface area contributed by atoms with E-state index in [9.17, 15) is 4.39 Å². The van der Waals surface area contributed by atoms with Crippen LogP contribution in [0.15, 0.2) is 36.7 Å². The normalized spacial score (nSPS) is 10.1. The predicted molar refractivity (Wildman–Crippen MR) is 57.8 cm³/mol. The number of aromatic nitrogens is 2. The summed E-state index contributed by atoms with van der Waals surface area (Å²) < 4.78 is 18.0. The molecule has 0 N–H and O–H groups in total. The third kappa shape index (κ3) is 2.90. The van der Waals surface area contributed by atoms with E-state index < -0.39 is 0 Å². The molecule has 0 atom stereocenters. The molecule has 1 aromatic carbocycles. The standard InChI is InChI=1S/C11H8ClFN2O/c12-10-5-14-6-11(15-10)16-7-8-1-3-9(13)4-2-8/h1-6H,7H2. The van der Waals surface area contributed by atoms with Crippen LogP contribution in [0, 0.1) is 5.82 Å². The first-order chi connectivity index (χ1) is 7.74. The smallest absolute Gasteiger partial charge is 0.234 e. The zero-order chi connectivity index (χ0) is 11.4. The van der Waals surface area contributed by atoms with Gasteiger partial charge in [-0.25, -0.2) is 4.39 Å². The molecular formula is C11H8ClFN2O. The summed E-state index contributed by atoms with van der Waals surface area (Å²) in [5.74, 6) is 0.0723. The topological polar surface area (TPSA) is 35.0 Å². The molecule has 3 nitrogen and oxygen atoms in total. The molecule has 0 amide bonds. The Labute approximate surface area is 96.9 Å². The van der Waals surface area contributed by atoms with Gasteiger partial charge < -0.3 is 4.74 Å². The monoisotopic (exact) mass is 238 g/mol. The average molecular weight is 239 g/mol. The largest absolute Gasteiger partial charge is 0.472 e. The van der Waals surface area contributed by atoms with Crippen LogP contribution >= 0.6 is 11.6 Å². The first-order valence-corrected chi connectivity index (χ1v) is 4.96. The Balaban J connectivity index is 1.99. The molecule has 0 saturated carbocycles. The Morgan fingerprint density at radius 3 is 2.62 bits per heavy atom. The minimum atomic E-state index is -0.272. The highest BCUT2D eigenvalue weighted by molar-refractivity contribution is 6.29. The van der Waals surface area contributed by atoms with Gasteiger partial charge in [-0.3, -0.25) is 4.98 Å². The maximum atomic E-state index is 12.6. The molecule has 16 heavy (non-hydrogen) atoms. The number of halogens is 2. The van der Waals surface area contributed by atoms with Crippen molar-refractivity contribution in [2.75, 3.05) is 0 Å². The van der Waals surface area contributed by atoms with Crippen molar-refractivity contribution in [2.45, 2.75) is 6.61 Å². The van der Waals surface area contributed by atoms with E-state index in [4.69, 9.17) is 16.3 Å².